The van der Waals surface area contributed by atoms with Crippen molar-refractivity contribution in [3.63, 3.8) is 0 Å². The Balaban J connectivity index is 1.56. The molecule has 0 spiro atoms. The van der Waals surface area contributed by atoms with Crippen molar-refractivity contribution in [1.82, 2.24) is 30.3 Å². The number of carbonyl (C=O) groups is 1. The fraction of sp³-hybridized carbons (Fsp3) is 0.353. The van der Waals surface area contributed by atoms with Gasteiger partial charge >= 0.3 is 0 Å². The molecular formula is C17H18N6O2. The predicted molar refractivity (Wildman–Crippen MR) is 90.0 cm³/mol. The smallest absolute Gasteiger partial charge is 0.254 e. The number of rotatable bonds is 2. The third-order valence-corrected chi connectivity index (χ3v) is 4.23. The van der Waals surface area contributed by atoms with Crippen molar-refractivity contribution in [3.05, 3.63) is 47.0 Å². The minimum atomic E-state index is -0.242. The van der Waals surface area contributed by atoms with Gasteiger partial charge in [0.15, 0.2) is 0 Å². The number of H-pyrrole nitrogens is 1. The highest BCUT2D eigenvalue weighted by molar-refractivity contribution is 5.97. The Morgan fingerprint density at radius 2 is 2.04 bits per heavy atom. The summed E-state index contributed by atoms with van der Waals surface area (Å²) in [7, 11) is 0. The number of hydrogen-bond acceptors (Lipinski definition) is 6. The number of aromatic amines is 1. The van der Waals surface area contributed by atoms with Crippen LogP contribution in [0.1, 0.15) is 33.7 Å². The van der Waals surface area contributed by atoms with Gasteiger partial charge in [0.2, 0.25) is 0 Å². The zero-order valence-corrected chi connectivity index (χ0v) is 14.1. The molecule has 1 atom stereocenters. The lowest BCUT2D eigenvalue weighted by Crippen LogP contribution is -2.42. The molecule has 1 fully saturated rings. The quantitative estimate of drug-likeness (QED) is 0.762. The Hall–Kier alpha value is -2.87. The summed E-state index contributed by atoms with van der Waals surface area (Å²) >= 11 is 0. The molecule has 128 valence electrons. The number of morpholine rings is 1. The van der Waals surface area contributed by atoms with Crippen molar-refractivity contribution in [2.45, 2.75) is 20.0 Å². The van der Waals surface area contributed by atoms with Crippen LogP contribution in [0.5, 0.6) is 0 Å². The van der Waals surface area contributed by atoms with Crippen molar-refractivity contribution in [2.24, 2.45) is 0 Å². The van der Waals surface area contributed by atoms with Gasteiger partial charge < -0.3 is 9.64 Å². The minimum Gasteiger partial charge on any atom is -0.368 e. The fourth-order valence-electron chi connectivity index (χ4n) is 3.08. The number of nitrogens with one attached hydrogen (secondary N) is 1. The van der Waals surface area contributed by atoms with Crippen LogP contribution in [0.4, 0.5) is 0 Å². The lowest BCUT2D eigenvalue weighted by molar-refractivity contribution is -0.0248. The zero-order chi connectivity index (χ0) is 17.4. The van der Waals surface area contributed by atoms with Gasteiger partial charge in [-0.15, -0.1) is 0 Å². The maximum atomic E-state index is 12.9. The van der Waals surface area contributed by atoms with E-state index in [4.69, 9.17) is 4.74 Å². The summed E-state index contributed by atoms with van der Waals surface area (Å²) in [4.78, 5) is 23.4. The molecule has 0 bridgehead atoms. The van der Waals surface area contributed by atoms with Crippen molar-refractivity contribution >= 4 is 16.9 Å². The van der Waals surface area contributed by atoms with Gasteiger partial charge in [-0.1, -0.05) is 0 Å². The molecular weight excluding hydrogens is 320 g/mol. The second-order valence-corrected chi connectivity index (χ2v) is 6.12. The molecule has 4 rings (SSSR count). The van der Waals surface area contributed by atoms with E-state index in [9.17, 15) is 4.79 Å². The molecule has 1 amide bonds. The van der Waals surface area contributed by atoms with Crippen LogP contribution < -0.4 is 0 Å². The Bertz CT molecular complexity index is 918. The molecule has 1 unspecified atom stereocenters. The fourth-order valence-corrected chi connectivity index (χ4v) is 3.08. The maximum absolute atomic E-state index is 12.9. The van der Waals surface area contributed by atoms with Crippen LogP contribution >= 0.6 is 0 Å². The van der Waals surface area contributed by atoms with E-state index in [1.807, 2.05) is 19.9 Å². The first-order valence-corrected chi connectivity index (χ1v) is 8.14. The highest BCUT2D eigenvalue weighted by atomic mass is 16.5. The lowest BCUT2D eigenvalue weighted by Gasteiger charge is -2.32. The Morgan fingerprint density at radius 3 is 2.88 bits per heavy atom. The molecule has 3 heterocycles. The first-order valence-electron chi connectivity index (χ1n) is 8.14. The van der Waals surface area contributed by atoms with E-state index < -0.39 is 0 Å². The molecule has 3 aromatic rings. The average molecular weight is 338 g/mol. The van der Waals surface area contributed by atoms with Crippen LogP contribution in [-0.2, 0) is 4.74 Å². The van der Waals surface area contributed by atoms with Gasteiger partial charge in [0.25, 0.3) is 5.91 Å². The van der Waals surface area contributed by atoms with Gasteiger partial charge in [-0.05, 0) is 38.1 Å². The molecule has 1 aromatic carbocycles. The van der Waals surface area contributed by atoms with Gasteiger partial charge in [0, 0.05) is 17.8 Å². The molecule has 8 nitrogen and oxygen atoms in total. The lowest BCUT2D eigenvalue weighted by atomic mass is 10.1. The van der Waals surface area contributed by atoms with Crippen molar-refractivity contribution in [1.29, 1.82) is 0 Å². The highest BCUT2D eigenvalue weighted by Crippen LogP contribution is 2.23. The SMILES string of the molecule is Cc1cc(C2CN(C(=O)c3ccc4n[nH]nc4c3)CCO2)nc(C)n1. The Labute approximate surface area is 144 Å². The number of nitrogens with zero attached hydrogens (tertiary/aromatic N) is 5. The first kappa shape index (κ1) is 15.6. The number of carbonyl (C=O) groups excluding carboxylic acids is 1. The van der Waals surface area contributed by atoms with Crippen LogP contribution in [-0.4, -0.2) is 55.9 Å². The highest BCUT2D eigenvalue weighted by Gasteiger charge is 2.27. The second-order valence-electron chi connectivity index (χ2n) is 6.12. The summed E-state index contributed by atoms with van der Waals surface area (Å²) in [6.07, 6.45) is -0.242. The number of aromatic nitrogens is 5. The molecule has 1 aliphatic heterocycles. The summed E-state index contributed by atoms with van der Waals surface area (Å²) in [5.74, 6) is 0.666. The van der Waals surface area contributed by atoms with Crippen LogP contribution in [0.25, 0.3) is 11.0 Å². The number of ether oxygens (including phenoxy) is 1. The molecule has 1 N–H and O–H groups in total. The monoisotopic (exact) mass is 338 g/mol. The maximum Gasteiger partial charge on any atom is 0.254 e. The van der Waals surface area contributed by atoms with Crippen LogP contribution in [0, 0.1) is 13.8 Å². The van der Waals surface area contributed by atoms with Crippen LogP contribution in [0.2, 0.25) is 0 Å². The van der Waals surface area contributed by atoms with E-state index in [1.165, 1.54) is 0 Å². The molecule has 1 saturated heterocycles. The standard InChI is InChI=1S/C17H18N6O2/c1-10-7-15(19-11(2)18-10)16-9-23(5-6-25-16)17(24)12-3-4-13-14(8-12)21-22-20-13/h3-4,7-8,16H,5-6,9H2,1-2H3,(H,20,21,22). The third kappa shape index (κ3) is 3.08. The van der Waals surface area contributed by atoms with Crippen molar-refractivity contribution < 1.29 is 9.53 Å². The summed E-state index contributed by atoms with van der Waals surface area (Å²) in [5, 5.41) is 10.6. The summed E-state index contributed by atoms with van der Waals surface area (Å²) in [5.41, 5.74) is 3.72. The normalized spacial score (nSPS) is 17.8. The van der Waals surface area contributed by atoms with Gasteiger partial charge in [-0.3, -0.25) is 4.79 Å². The molecule has 0 aliphatic carbocycles. The van der Waals surface area contributed by atoms with E-state index in [1.54, 1.807) is 23.1 Å². The van der Waals surface area contributed by atoms with Gasteiger partial charge in [0.05, 0.1) is 18.8 Å². The topological polar surface area (TPSA) is 96.9 Å². The molecule has 25 heavy (non-hydrogen) atoms. The molecule has 1 aliphatic rings. The van der Waals surface area contributed by atoms with Gasteiger partial charge in [-0.25, -0.2) is 9.97 Å². The van der Waals surface area contributed by atoms with Crippen LogP contribution in [0.3, 0.4) is 0 Å². The van der Waals surface area contributed by atoms with E-state index in [0.717, 1.165) is 16.9 Å². The van der Waals surface area contributed by atoms with E-state index in [0.29, 0.717) is 36.6 Å². The van der Waals surface area contributed by atoms with Crippen molar-refractivity contribution in [3.8, 4) is 0 Å². The van der Waals surface area contributed by atoms with E-state index >= 15 is 0 Å². The summed E-state index contributed by atoms with van der Waals surface area (Å²) < 4.78 is 5.84. The number of fused-ring (bicyclic) bond motifs is 1. The Morgan fingerprint density at radius 1 is 1.20 bits per heavy atom. The number of hydrogen-bond donors (Lipinski definition) is 1. The predicted octanol–water partition coefficient (Wildman–Crippen LogP) is 1.58. The van der Waals surface area contributed by atoms with Crippen molar-refractivity contribution in [2.75, 3.05) is 19.7 Å². The Kier molecular flexibility index (Phi) is 3.89. The summed E-state index contributed by atoms with van der Waals surface area (Å²) in [6, 6.07) is 7.23. The van der Waals surface area contributed by atoms with E-state index in [2.05, 4.69) is 25.4 Å². The zero-order valence-electron chi connectivity index (χ0n) is 14.1. The van der Waals surface area contributed by atoms with Gasteiger partial charge in [0.1, 0.15) is 23.0 Å². The van der Waals surface area contributed by atoms with Gasteiger partial charge in [-0.2, -0.15) is 15.4 Å². The number of amides is 1. The third-order valence-electron chi connectivity index (χ3n) is 4.23. The minimum absolute atomic E-state index is 0.0410. The molecule has 0 radical (unpaired) electrons. The molecule has 2 aromatic heterocycles. The largest absolute Gasteiger partial charge is 0.368 e. The first-order chi connectivity index (χ1) is 12.1. The second kappa shape index (κ2) is 6.21. The molecule has 8 heteroatoms. The molecule has 0 saturated carbocycles. The average Bonchev–Trinajstić information content (AvgIpc) is 3.08. The van der Waals surface area contributed by atoms with E-state index in [-0.39, 0.29) is 12.0 Å². The number of aryl methyl sites for hydroxylation is 2. The summed E-state index contributed by atoms with van der Waals surface area (Å²) in [6.45, 7) is 5.28. The van der Waals surface area contributed by atoms with Crippen LogP contribution in [0.15, 0.2) is 24.3 Å². The number of benzene rings is 1.